The highest BCUT2D eigenvalue weighted by molar-refractivity contribution is 6.39. The number of likely N-dealkylation sites (N-methyl/N-ethyl adjacent to an activating group) is 1. The summed E-state index contributed by atoms with van der Waals surface area (Å²) in [5, 5.41) is 4.81. The summed E-state index contributed by atoms with van der Waals surface area (Å²) >= 11 is 0. The highest BCUT2D eigenvalue weighted by Crippen LogP contribution is 2.24. The van der Waals surface area contributed by atoms with Gasteiger partial charge >= 0.3 is 11.8 Å². The van der Waals surface area contributed by atoms with Crippen molar-refractivity contribution in [3.05, 3.63) is 59.7 Å². The molecule has 0 aromatic heterocycles. The van der Waals surface area contributed by atoms with Crippen molar-refractivity contribution in [2.45, 2.75) is 6.04 Å². The van der Waals surface area contributed by atoms with Crippen molar-refractivity contribution in [3.8, 4) is 5.75 Å². The molecule has 0 bridgehead atoms. The molecule has 0 saturated carbocycles. The lowest BCUT2D eigenvalue weighted by molar-refractivity contribution is -0.136. The third-order valence-corrected chi connectivity index (χ3v) is 5.32. The van der Waals surface area contributed by atoms with Gasteiger partial charge in [-0.1, -0.05) is 12.1 Å². The molecule has 9 heteroatoms. The number of benzene rings is 2. The molecule has 0 radical (unpaired) electrons. The van der Waals surface area contributed by atoms with E-state index >= 15 is 0 Å². The van der Waals surface area contributed by atoms with Gasteiger partial charge in [0.2, 0.25) is 0 Å². The van der Waals surface area contributed by atoms with Gasteiger partial charge in [0.1, 0.15) is 17.4 Å². The fourth-order valence-corrected chi connectivity index (χ4v) is 3.46. The molecule has 1 aliphatic rings. The SMILES string of the molecule is COc1ccc(C(CNC(=O)C(=O)Nc2ccc(F)cc2F)N2CCN(C)CC2)cc1. The molecular weight excluding hydrogens is 406 g/mol. The van der Waals surface area contributed by atoms with E-state index in [0.717, 1.165) is 49.6 Å². The predicted molar refractivity (Wildman–Crippen MR) is 113 cm³/mol. The summed E-state index contributed by atoms with van der Waals surface area (Å²) in [6.45, 7) is 3.62. The van der Waals surface area contributed by atoms with Gasteiger partial charge in [0.05, 0.1) is 18.8 Å². The fraction of sp³-hybridized carbons (Fsp3) is 0.364. The van der Waals surface area contributed by atoms with Crippen LogP contribution in [0.2, 0.25) is 0 Å². The number of rotatable bonds is 6. The molecule has 1 atom stereocenters. The summed E-state index contributed by atoms with van der Waals surface area (Å²) in [5.74, 6) is -2.90. The van der Waals surface area contributed by atoms with E-state index in [1.165, 1.54) is 0 Å². The fourth-order valence-electron chi connectivity index (χ4n) is 3.46. The van der Waals surface area contributed by atoms with Gasteiger partial charge in [0, 0.05) is 38.8 Å². The maximum atomic E-state index is 13.7. The van der Waals surface area contributed by atoms with Crippen molar-refractivity contribution in [3.63, 3.8) is 0 Å². The van der Waals surface area contributed by atoms with Crippen LogP contribution in [-0.4, -0.2) is 68.5 Å². The summed E-state index contributed by atoms with van der Waals surface area (Å²) < 4.78 is 32.0. The number of carbonyl (C=O) groups excluding carboxylic acids is 2. The Morgan fingerprint density at radius 3 is 2.32 bits per heavy atom. The Kier molecular flexibility index (Phi) is 7.54. The van der Waals surface area contributed by atoms with E-state index < -0.39 is 23.4 Å². The number of hydrogen-bond donors (Lipinski definition) is 2. The van der Waals surface area contributed by atoms with Gasteiger partial charge in [-0.15, -0.1) is 0 Å². The van der Waals surface area contributed by atoms with Crippen molar-refractivity contribution >= 4 is 17.5 Å². The average Bonchev–Trinajstić information content (AvgIpc) is 2.77. The zero-order chi connectivity index (χ0) is 22.4. The molecule has 1 heterocycles. The van der Waals surface area contributed by atoms with E-state index in [4.69, 9.17) is 4.74 Å². The second kappa shape index (κ2) is 10.3. The standard InChI is InChI=1S/C22H26F2N4O3/c1-27-9-11-28(12-10-27)20(15-3-6-17(31-2)7-4-15)14-25-21(29)22(30)26-19-8-5-16(23)13-18(19)24/h3-8,13,20H,9-12,14H2,1-2H3,(H,25,29)(H,26,30). The van der Waals surface area contributed by atoms with Crippen LogP contribution in [0.15, 0.2) is 42.5 Å². The van der Waals surface area contributed by atoms with E-state index in [1.807, 2.05) is 24.3 Å². The van der Waals surface area contributed by atoms with Crippen molar-refractivity contribution in [1.82, 2.24) is 15.1 Å². The van der Waals surface area contributed by atoms with Crippen LogP contribution in [0.4, 0.5) is 14.5 Å². The number of nitrogens with zero attached hydrogens (tertiary/aromatic N) is 2. The molecule has 1 unspecified atom stereocenters. The maximum Gasteiger partial charge on any atom is 0.313 e. The topological polar surface area (TPSA) is 73.9 Å². The number of amides is 2. The molecule has 1 aliphatic heterocycles. The normalized spacial score (nSPS) is 15.9. The smallest absolute Gasteiger partial charge is 0.313 e. The summed E-state index contributed by atoms with van der Waals surface area (Å²) in [5.41, 5.74) is 0.725. The summed E-state index contributed by atoms with van der Waals surface area (Å²) in [6.07, 6.45) is 0. The molecule has 2 amide bonds. The number of halogens is 2. The highest BCUT2D eigenvalue weighted by atomic mass is 19.1. The van der Waals surface area contributed by atoms with Crippen LogP contribution in [0, 0.1) is 11.6 Å². The minimum atomic E-state index is -1.02. The molecule has 2 aromatic rings. The second-order valence-electron chi connectivity index (χ2n) is 7.42. The molecule has 0 spiro atoms. The monoisotopic (exact) mass is 432 g/mol. The van der Waals surface area contributed by atoms with Crippen LogP contribution in [-0.2, 0) is 9.59 Å². The van der Waals surface area contributed by atoms with Gasteiger partial charge in [-0.25, -0.2) is 8.78 Å². The van der Waals surface area contributed by atoms with Gasteiger partial charge in [0.25, 0.3) is 0 Å². The molecule has 166 valence electrons. The number of carbonyl (C=O) groups is 2. The van der Waals surface area contributed by atoms with Crippen molar-refractivity contribution < 1.29 is 23.1 Å². The number of piperazine rings is 1. The van der Waals surface area contributed by atoms with Gasteiger partial charge in [0.15, 0.2) is 0 Å². The number of anilines is 1. The van der Waals surface area contributed by atoms with E-state index in [9.17, 15) is 18.4 Å². The zero-order valence-electron chi connectivity index (χ0n) is 17.5. The van der Waals surface area contributed by atoms with E-state index in [2.05, 4.69) is 27.5 Å². The average molecular weight is 432 g/mol. The molecular formula is C22H26F2N4O3. The Balaban J connectivity index is 1.66. The maximum absolute atomic E-state index is 13.7. The first-order chi connectivity index (χ1) is 14.9. The van der Waals surface area contributed by atoms with Gasteiger partial charge in [-0.3, -0.25) is 14.5 Å². The molecule has 1 saturated heterocycles. The highest BCUT2D eigenvalue weighted by Gasteiger charge is 2.26. The van der Waals surface area contributed by atoms with Crippen LogP contribution in [0.25, 0.3) is 0 Å². The minimum Gasteiger partial charge on any atom is -0.497 e. The second-order valence-corrected chi connectivity index (χ2v) is 7.42. The molecule has 2 N–H and O–H groups in total. The van der Waals surface area contributed by atoms with Crippen molar-refractivity contribution in [2.75, 3.05) is 52.2 Å². The first-order valence-electron chi connectivity index (χ1n) is 9.98. The summed E-state index contributed by atoms with van der Waals surface area (Å²) in [4.78, 5) is 29.0. The number of methoxy groups -OCH3 is 1. The Morgan fingerprint density at radius 1 is 1.03 bits per heavy atom. The first kappa shape index (κ1) is 22.6. The Bertz CT molecular complexity index is 915. The van der Waals surface area contributed by atoms with E-state index in [-0.39, 0.29) is 18.3 Å². The Hall–Kier alpha value is -3.04. The Labute approximate surface area is 180 Å². The van der Waals surface area contributed by atoms with Crippen LogP contribution in [0.3, 0.4) is 0 Å². The summed E-state index contributed by atoms with van der Waals surface area (Å²) in [6, 6.07) is 10.1. The van der Waals surface area contributed by atoms with E-state index in [0.29, 0.717) is 6.07 Å². The van der Waals surface area contributed by atoms with Gasteiger partial charge in [-0.2, -0.15) is 0 Å². The number of ether oxygens (including phenoxy) is 1. The minimum absolute atomic E-state index is 0.140. The van der Waals surface area contributed by atoms with Crippen molar-refractivity contribution in [1.29, 1.82) is 0 Å². The van der Waals surface area contributed by atoms with Crippen LogP contribution in [0.5, 0.6) is 5.75 Å². The molecule has 1 fully saturated rings. The summed E-state index contributed by atoms with van der Waals surface area (Å²) in [7, 11) is 3.65. The first-order valence-corrected chi connectivity index (χ1v) is 9.98. The molecule has 2 aromatic carbocycles. The van der Waals surface area contributed by atoms with Gasteiger partial charge in [-0.05, 0) is 36.9 Å². The Morgan fingerprint density at radius 2 is 1.71 bits per heavy atom. The lowest BCUT2D eigenvalue weighted by Crippen LogP contribution is -2.49. The van der Waals surface area contributed by atoms with Crippen molar-refractivity contribution in [2.24, 2.45) is 0 Å². The lowest BCUT2D eigenvalue weighted by Gasteiger charge is -2.38. The number of hydrogen-bond acceptors (Lipinski definition) is 5. The lowest BCUT2D eigenvalue weighted by atomic mass is 10.0. The predicted octanol–water partition coefficient (Wildman–Crippen LogP) is 2.02. The van der Waals surface area contributed by atoms with Gasteiger partial charge < -0.3 is 20.3 Å². The van der Waals surface area contributed by atoms with Crippen LogP contribution >= 0.6 is 0 Å². The largest absolute Gasteiger partial charge is 0.497 e. The van der Waals surface area contributed by atoms with Crippen LogP contribution in [0.1, 0.15) is 11.6 Å². The molecule has 7 nitrogen and oxygen atoms in total. The molecule has 31 heavy (non-hydrogen) atoms. The molecule has 0 aliphatic carbocycles. The molecule has 3 rings (SSSR count). The van der Waals surface area contributed by atoms with Crippen LogP contribution < -0.4 is 15.4 Å². The number of nitrogens with one attached hydrogen (secondary N) is 2. The van der Waals surface area contributed by atoms with E-state index in [1.54, 1.807) is 7.11 Å². The quantitative estimate of drug-likeness (QED) is 0.684. The zero-order valence-corrected chi connectivity index (χ0v) is 17.5. The third kappa shape index (κ3) is 5.99. The third-order valence-electron chi connectivity index (χ3n) is 5.32.